The van der Waals surface area contributed by atoms with Crippen molar-refractivity contribution in [1.82, 2.24) is 5.32 Å². The Bertz CT molecular complexity index is 360. The van der Waals surface area contributed by atoms with E-state index in [2.05, 4.69) is 5.32 Å². The van der Waals surface area contributed by atoms with Gasteiger partial charge in [-0.1, -0.05) is 19.1 Å². The minimum absolute atomic E-state index is 0.0461. The van der Waals surface area contributed by atoms with Gasteiger partial charge in [0.15, 0.2) is 0 Å². The molecule has 1 rings (SSSR count). The highest BCUT2D eigenvalue weighted by Gasteiger charge is 2.11. The van der Waals surface area contributed by atoms with Crippen molar-refractivity contribution in [2.24, 2.45) is 0 Å². The molecule has 2 unspecified atom stereocenters. The van der Waals surface area contributed by atoms with Gasteiger partial charge in [-0.3, -0.25) is 4.79 Å². The van der Waals surface area contributed by atoms with Crippen LogP contribution in [0.1, 0.15) is 31.7 Å². The minimum Gasteiger partial charge on any atom is -0.399 e. The molecule has 1 aromatic rings. The predicted octanol–water partition coefficient (Wildman–Crippen LogP) is 1.26. The number of anilines is 1. The van der Waals surface area contributed by atoms with Gasteiger partial charge in [-0.25, -0.2) is 0 Å². The van der Waals surface area contributed by atoms with E-state index >= 15 is 0 Å². The third-order valence-electron chi connectivity index (χ3n) is 2.59. The van der Waals surface area contributed by atoms with Crippen molar-refractivity contribution in [3.63, 3.8) is 0 Å². The van der Waals surface area contributed by atoms with E-state index in [-0.39, 0.29) is 11.8 Å². The molecule has 0 heterocycles. The molecule has 94 valence electrons. The summed E-state index contributed by atoms with van der Waals surface area (Å²) in [5.41, 5.74) is 7.41. The van der Waals surface area contributed by atoms with Crippen LogP contribution in [0, 0.1) is 0 Å². The number of nitrogens with two attached hydrogens (primary N) is 1. The van der Waals surface area contributed by atoms with E-state index in [1.807, 2.05) is 31.2 Å². The van der Waals surface area contributed by atoms with Crippen LogP contribution in [0.4, 0.5) is 5.69 Å². The van der Waals surface area contributed by atoms with E-state index in [0.717, 1.165) is 11.3 Å². The average Bonchev–Trinajstić information content (AvgIpc) is 2.27. The molecule has 1 aromatic carbocycles. The van der Waals surface area contributed by atoms with Gasteiger partial charge in [-0.05, 0) is 30.5 Å². The number of nitrogen functional groups attached to an aromatic ring is 1. The number of rotatable bonds is 5. The molecule has 0 aliphatic carbocycles. The first kappa shape index (κ1) is 13.5. The molecule has 4 heteroatoms. The maximum Gasteiger partial charge on any atom is 0.220 e. The molecule has 0 aliphatic heterocycles. The second-order valence-corrected chi connectivity index (χ2v) is 4.42. The third-order valence-corrected chi connectivity index (χ3v) is 2.59. The molecule has 0 aliphatic rings. The summed E-state index contributed by atoms with van der Waals surface area (Å²) in [6.45, 7) is 3.93. The van der Waals surface area contributed by atoms with Gasteiger partial charge in [0, 0.05) is 18.7 Å². The Morgan fingerprint density at radius 3 is 2.47 bits per heavy atom. The standard InChI is InChI=1S/C13H20N2O2/c1-9(7-13(17)15-8-10(2)16)11-3-5-12(14)6-4-11/h3-6,9-10,16H,7-8,14H2,1-2H3,(H,15,17). The van der Waals surface area contributed by atoms with Crippen LogP contribution in [0.2, 0.25) is 0 Å². The smallest absolute Gasteiger partial charge is 0.220 e. The number of nitrogens with one attached hydrogen (secondary N) is 1. The number of amides is 1. The van der Waals surface area contributed by atoms with Gasteiger partial charge in [0.2, 0.25) is 5.91 Å². The number of hydrogen-bond donors (Lipinski definition) is 3. The Morgan fingerprint density at radius 1 is 1.35 bits per heavy atom. The Morgan fingerprint density at radius 2 is 1.94 bits per heavy atom. The van der Waals surface area contributed by atoms with E-state index in [9.17, 15) is 4.79 Å². The number of aliphatic hydroxyl groups is 1. The first-order chi connectivity index (χ1) is 7.99. The van der Waals surface area contributed by atoms with E-state index in [0.29, 0.717) is 13.0 Å². The lowest BCUT2D eigenvalue weighted by Crippen LogP contribution is -2.31. The number of carbonyl (C=O) groups is 1. The number of hydrogen-bond acceptors (Lipinski definition) is 3. The van der Waals surface area contributed by atoms with Crippen molar-refractivity contribution in [2.45, 2.75) is 32.3 Å². The van der Waals surface area contributed by atoms with Gasteiger partial charge in [0.1, 0.15) is 0 Å². The molecule has 4 N–H and O–H groups in total. The van der Waals surface area contributed by atoms with Crippen molar-refractivity contribution in [3.8, 4) is 0 Å². The van der Waals surface area contributed by atoms with Crippen molar-refractivity contribution >= 4 is 11.6 Å². The first-order valence-electron chi connectivity index (χ1n) is 5.79. The lowest BCUT2D eigenvalue weighted by Gasteiger charge is -2.13. The second-order valence-electron chi connectivity index (χ2n) is 4.42. The lowest BCUT2D eigenvalue weighted by atomic mass is 9.97. The molecule has 0 saturated carbocycles. The molecule has 0 spiro atoms. The van der Waals surface area contributed by atoms with Gasteiger partial charge in [0.05, 0.1) is 6.10 Å². The maximum absolute atomic E-state index is 11.6. The van der Waals surface area contributed by atoms with Crippen molar-refractivity contribution in [3.05, 3.63) is 29.8 Å². The molecule has 0 bridgehead atoms. The first-order valence-corrected chi connectivity index (χ1v) is 5.79. The summed E-state index contributed by atoms with van der Waals surface area (Å²) in [4.78, 5) is 11.6. The van der Waals surface area contributed by atoms with Crippen LogP contribution in [-0.4, -0.2) is 23.7 Å². The third kappa shape index (κ3) is 4.87. The summed E-state index contributed by atoms with van der Waals surface area (Å²) >= 11 is 0. The molecular weight excluding hydrogens is 216 g/mol. The highest BCUT2D eigenvalue weighted by molar-refractivity contribution is 5.76. The van der Waals surface area contributed by atoms with Crippen LogP contribution in [0.3, 0.4) is 0 Å². The van der Waals surface area contributed by atoms with Crippen LogP contribution in [0.5, 0.6) is 0 Å². The molecular formula is C13H20N2O2. The summed E-state index contributed by atoms with van der Waals surface area (Å²) in [5.74, 6) is 0.0971. The molecule has 0 saturated heterocycles. The molecule has 4 nitrogen and oxygen atoms in total. The van der Waals surface area contributed by atoms with E-state index < -0.39 is 6.10 Å². The largest absolute Gasteiger partial charge is 0.399 e. The highest BCUT2D eigenvalue weighted by atomic mass is 16.3. The predicted molar refractivity (Wildman–Crippen MR) is 68.6 cm³/mol. The fraction of sp³-hybridized carbons (Fsp3) is 0.462. The van der Waals surface area contributed by atoms with Crippen LogP contribution in [-0.2, 0) is 4.79 Å². The molecule has 1 amide bonds. The van der Waals surface area contributed by atoms with Crippen molar-refractivity contribution in [1.29, 1.82) is 0 Å². The minimum atomic E-state index is -0.509. The van der Waals surface area contributed by atoms with E-state index in [1.165, 1.54) is 0 Å². The van der Waals surface area contributed by atoms with Gasteiger partial charge in [-0.2, -0.15) is 0 Å². The maximum atomic E-state index is 11.6. The molecule has 17 heavy (non-hydrogen) atoms. The Labute approximate surface area is 102 Å². The second kappa shape index (κ2) is 6.25. The highest BCUT2D eigenvalue weighted by Crippen LogP contribution is 2.19. The number of benzene rings is 1. The van der Waals surface area contributed by atoms with Gasteiger partial charge in [-0.15, -0.1) is 0 Å². The topological polar surface area (TPSA) is 75.3 Å². The van der Waals surface area contributed by atoms with Gasteiger partial charge >= 0.3 is 0 Å². The zero-order valence-corrected chi connectivity index (χ0v) is 10.3. The zero-order chi connectivity index (χ0) is 12.8. The average molecular weight is 236 g/mol. The van der Waals surface area contributed by atoms with Crippen molar-refractivity contribution < 1.29 is 9.90 Å². The normalized spacial score (nSPS) is 14.1. The molecule has 0 aromatic heterocycles. The molecule has 0 fully saturated rings. The SMILES string of the molecule is CC(O)CNC(=O)CC(C)c1ccc(N)cc1. The lowest BCUT2D eigenvalue weighted by molar-refractivity contribution is -0.121. The van der Waals surface area contributed by atoms with Crippen LogP contribution in [0.25, 0.3) is 0 Å². The summed E-state index contributed by atoms with van der Waals surface area (Å²) in [7, 11) is 0. The monoisotopic (exact) mass is 236 g/mol. The zero-order valence-electron chi connectivity index (χ0n) is 10.3. The molecule has 2 atom stereocenters. The van der Waals surface area contributed by atoms with Crippen molar-refractivity contribution in [2.75, 3.05) is 12.3 Å². The Kier molecular flexibility index (Phi) is 4.97. The van der Waals surface area contributed by atoms with E-state index in [1.54, 1.807) is 6.92 Å². The van der Waals surface area contributed by atoms with Gasteiger partial charge < -0.3 is 16.2 Å². The van der Waals surface area contributed by atoms with E-state index in [4.69, 9.17) is 10.8 Å². The molecule has 0 radical (unpaired) electrons. The fourth-order valence-corrected chi connectivity index (χ4v) is 1.55. The quantitative estimate of drug-likeness (QED) is 0.674. The summed E-state index contributed by atoms with van der Waals surface area (Å²) in [6, 6.07) is 7.53. The van der Waals surface area contributed by atoms with Crippen LogP contribution < -0.4 is 11.1 Å². The summed E-state index contributed by atoms with van der Waals surface area (Å²) in [6.07, 6.45) is -0.0952. The Hall–Kier alpha value is -1.55. The summed E-state index contributed by atoms with van der Waals surface area (Å²) in [5, 5.41) is 11.7. The fourth-order valence-electron chi connectivity index (χ4n) is 1.55. The van der Waals surface area contributed by atoms with Crippen LogP contribution in [0.15, 0.2) is 24.3 Å². The summed E-state index contributed by atoms with van der Waals surface area (Å²) < 4.78 is 0. The number of carbonyl (C=O) groups excluding carboxylic acids is 1. The van der Waals surface area contributed by atoms with Gasteiger partial charge in [0.25, 0.3) is 0 Å². The Balaban J connectivity index is 2.46. The number of aliphatic hydroxyl groups excluding tert-OH is 1. The van der Waals surface area contributed by atoms with Crippen LogP contribution >= 0.6 is 0 Å².